The van der Waals surface area contributed by atoms with E-state index >= 15 is 0 Å². The molecule has 0 saturated heterocycles. The molecule has 0 unspecified atom stereocenters. The topological polar surface area (TPSA) is 50.2 Å². The zero-order chi connectivity index (χ0) is 16.2. The number of amidine groups is 1. The van der Waals surface area contributed by atoms with Gasteiger partial charge in [0, 0.05) is 16.3 Å². The van der Waals surface area contributed by atoms with E-state index in [-0.39, 0.29) is 12.5 Å². The van der Waals surface area contributed by atoms with Crippen molar-refractivity contribution in [3.8, 4) is 0 Å². The van der Waals surface area contributed by atoms with E-state index in [4.69, 9.17) is 27.6 Å². The number of fused-ring (bicyclic) bond motifs is 3. The molecule has 0 N–H and O–H groups in total. The van der Waals surface area contributed by atoms with Gasteiger partial charge in [-0.3, -0.25) is 4.99 Å². The molecule has 0 aliphatic carbocycles. The van der Waals surface area contributed by atoms with E-state index in [9.17, 15) is 0 Å². The zero-order valence-corrected chi connectivity index (χ0v) is 13.7. The predicted octanol–water partition coefficient (Wildman–Crippen LogP) is 4.87. The first kappa shape index (κ1) is 15.7. The van der Waals surface area contributed by atoms with Gasteiger partial charge in [-0.2, -0.15) is 0 Å². The number of nitrogens with zero attached hydrogens (tertiary/aromatic N) is 3. The number of para-hydroxylation sites is 1. The van der Waals surface area contributed by atoms with Gasteiger partial charge >= 0.3 is 0 Å². The molecule has 0 saturated carbocycles. The van der Waals surface area contributed by atoms with Crippen LogP contribution in [0.15, 0.2) is 61.9 Å². The van der Waals surface area contributed by atoms with Crippen molar-refractivity contribution in [3.05, 3.63) is 48.0 Å². The highest BCUT2D eigenvalue weighted by atomic mass is 35.5. The van der Waals surface area contributed by atoms with Crippen LogP contribution in [0.25, 0.3) is 21.9 Å². The summed E-state index contributed by atoms with van der Waals surface area (Å²) in [5, 5.41) is 2.34. The summed E-state index contributed by atoms with van der Waals surface area (Å²) in [6, 6.07) is 13.7. The molecule has 6 heteroatoms. The second-order valence-electron chi connectivity index (χ2n) is 4.78. The van der Waals surface area contributed by atoms with Crippen molar-refractivity contribution in [2.24, 2.45) is 15.0 Å². The second-order valence-corrected chi connectivity index (χ2v) is 5.46. The monoisotopic (exact) mass is 345 g/mol. The van der Waals surface area contributed by atoms with Crippen molar-refractivity contribution in [1.29, 1.82) is 0 Å². The van der Waals surface area contributed by atoms with Crippen LogP contribution in [0.4, 0.5) is 0 Å². The Balaban J connectivity index is 2.13. The molecule has 0 spiro atoms. The zero-order valence-electron chi connectivity index (χ0n) is 12.2. The number of rotatable bonds is 4. The Morgan fingerprint density at radius 2 is 1.87 bits per heavy atom. The molecule has 0 aliphatic rings. The van der Waals surface area contributed by atoms with Crippen molar-refractivity contribution in [2.75, 3.05) is 12.5 Å². The fraction of sp³-hybridized carbons (Fsp3) is 0.118. The summed E-state index contributed by atoms with van der Waals surface area (Å²) >= 11 is 11.8. The predicted molar refractivity (Wildman–Crippen MR) is 98.7 cm³/mol. The number of alkyl halides is 1. The summed E-state index contributed by atoms with van der Waals surface area (Å²) in [5.41, 5.74) is 2.46. The Kier molecular flexibility index (Phi) is 4.74. The third-order valence-electron chi connectivity index (χ3n) is 3.31. The molecule has 0 fully saturated rings. The average molecular weight is 346 g/mol. The molecule has 2 aromatic carbocycles. The molecule has 0 radical (unpaired) electrons. The summed E-state index contributed by atoms with van der Waals surface area (Å²) in [4.78, 5) is 12.2. The maximum atomic E-state index is 6.03. The Morgan fingerprint density at radius 1 is 1.09 bits per heavy atom. The van der Waals surface area contributed by atoms with Crippen molar-refractivity contribution < 1.29 is 4.42 Å². The summed E-state index contributed by atoms with van der Waals surface area (Å²) in [7, 11) is 0. The van der Waals surface area contributed by atoms with Gasteiger partial charge in [0.2, 0.25) is 0 Å². The number of benzene rings is 2. The highest BCUT2D eigenvalue weighted by Gasteiger charge is 2.10. The van der Waals surface area contributed by atoms with Crippen molar-refractivity contribution in [3.63, 3.8) is 0 Å². The van der Waals surface area contributed by atoms with E-state index in [1.807, 2.05) is 42.5 Å². The molecular weight excluding hydrogens is 333 g/mol. The first-order valence-electron chi connectivity index (χ1n) is 6.90. The lowest BCUT2D eigenvalue weighted by molar-refractivity contribution is 0.669. The SMILES string of the molecule is C=NC/C(Cl)=N\C(=N/CCl)c1ccc2oc3ccccc3c2c1. The molecule has 116 valence electrons. The van der Waals surface area contributed by atoms with Gasteiger partial charge in [0.25, 0.3) is 0 Å². The lowest BCUT2D eigenvalue weighted by Crippen LogP contribution is -2.03. The molecule has 0 atom stereocenters. The molecule has 0 bridgehead atoms. The van der Waals surface area contributed by atoms with Gasteiger partial charge in [-0.15, -0.1) is 11.6 Å². The van der Waals surface area contributed by atoms with Crippen molar-refractivity contribution >= 4 is 62.9 Å². The summed E-state index contributed by atoms with van der Waals surface area (Å²) in [6.07, 6.45) is 0. The summed E-state index contributed by atoms with van der Waals surface area (Å²) < 4.78 is 5.82. The van der Waals surface area contributed by atoms with Crippen LogP contribution in [0.1, 0.15) is 5.56 Å². The maximum absolute atomic E-state index is 6.03. The minimum Gasteiger partial charge on any atom is -0.456 e. The van der Waals surface area contributed by atoms with Crippen molar-refractivity contribution in [1.82, 2.24) is 0 Å². The van der Waals surface area contributed by atoms with E-state index in [1.165, 1.54) is 0 Å². The van der Waals surface area contributed by atoms with Crippen LogP contribution in [-0.2, 0) is 0 Å². The smallest absolute Gasteiger partial charge is 0.157 e. The molecule has 1 aromatic heterocycles. The van der Waals surface area contributed by atoms with Crippen LogP contribution < -0.4 is 0 Å². The fourth-order valence-electron chi connectivity index (χ4n) is 2.36. The van der Waals surface area contributed by atoms with E-state index in [0.29, 0.717) is 11.0 Å². The van der Waals surface area contributed by atoms with Gasteiger partial charge in [-0.25, -0.2) is 9.98 Å². The van der Waals surface area contributed by atoms with Gasteiger partial charge in [-0.1, -0.05) is 29.8 Å². The van der Waals surface area contributed by atoms with E-state index in [2.05, 4.69) is 21.7 Å². The normalized spacial score (nSPS) is 13.0. The standard InChI is InChI=1S/C17H13Cl2N3O/c1-20-9-16(19)22-17(21-10-18)11-6-7-15-13(8-11)12-4-2-3-5-14(12)23-15/h2-8H,1,9-10H2/b21-17-,22-16+. The molecule has 0 aliphatic heterocycles. The van der Waals surface area contributed by atoms with Crippen LogP contribution in [0.5, 0.6) is 0 Å². The van der Waals surface area contributed by atoms with Gasteiger partial charge in [0.1, 0.15) is 22.3 Å². The Morgan fingerprint density at radius 3 is 2.65 bits per heavy atom. The van der Waals surface area contributed by atoms with E-state index < -0.39 is 0 Å². The number of hydrogen-bond acceptors (Lipinski definition) is 3. The minimum absolute atomic E-state index is 0.0920. The van der Waals surface area contributed by atoms with E-state index in [0.717, 1.165) is 27.5 Å². The Bertz CT molecular complexity index is 928. The molecule has 1 heterocycles. The number of aliphatic imine (C=N–C) groups is 3. The van der Waals surface area contributed by atoms with Crippen molar-refractivity contribution in [2.45, 2.75) is 0 Å². The largest absolute Gasteiger partial charge is 0.456 e. The second kappa shape index (κ2) is 6.94. The average Bonchev–Trinajstić information content (AvgIpc) is 2.92. The molecule has 4 nitrogen and oxygen atoms in total. The van der Waals surface area contributed by atoms with E-state index in [1.54, 1.807) is 0 Å². The van der Waals surface area contributed by atoms with Crippen LogP contribution >= 0.6 is 23.2 Å². The highest BCUT2D eigenvalue weighted by molar-refractivity contribution is 6.66. The number of furan rings is 1. The molecule has 3 rings (SSSR count). The summed E-state index contributed by atoms with van der Waals surface area (Å²) in [6.45, 7) is 3.64. The van der Waals surface area contributed by atoms with Gasteiger partial charge in [0.05, 0.1) is 6.54 Å². The molecule has 3 aromatic rings. The van der Waals surface area contributed by atoms with Crippen LogP contribution in [0.3, 0.4) is 0 Å². The Hall–Kier alpha value is -2.17. The van der Waals surface area contributed by atoms with Gasteiger partial charge < -0.3 is 4.42 Å². The van der Waals surface area contributed by atoms with Crippen LogP contribution in [0.2, 0.25) is 0 Å². The third-order valence-corrected chi connectivity index (χ3v) is 3.64. The minimum atomic E-state index is 0.0920. The lowest BCUT2D eigenvalue weighted by Gasteiger charge is -2.02. The van der Waals surface area contributed by atoms with Crippen LogP contribution in [-0.4, -0.2) is 30.3 Å². The number of halogens is 2. The Labute approximate surface area is 143 Å². The first-order chi connectivity index (χ1) is 11.2. The maximum Gasteiger partial charge on any atom is 0.157 e. The molecular formula is C17H13Cl2N3O. The van der Waals surface area contributed by atoms with Crippen LogP contribution in [0, 0.1) is 0 Å². The third kappa shape index (κ3) is 3.28. The number of hydrogen-bond donors (Lipinski definition) is 0. The quantitative estimate of drug-likeness (QED) is 0.288. The van der Waals surface area contributed by atoms with Gasteiger partial charge in [0.15, 0.2) is 5.84 Å². The lowest BCUT2D eigenvalue weighted by atomic mass is 10.1. The molecule has 0 amide bonds. The highest BCUT2D eigenvalue weighted by Crippen LogP contribution is 2.29. The van der Waals surface area contributed by atoms with Gasteiger partial charge in [-0.05, 0) is 31.0 Å². The first-order valence-corrected chi connectivity index (χ1v) is 7.82. The fourth-order valence-corrected chi connectivity index (χ4v) is 2.63. The molecule has 23 heavy (non-hydrogen) atoms. The summed E-state index contributed by atoms with van der Waals surface area (Å²) in [5.74, 6) is 0.459.